The quantitative estimate of drug-likeness (QED) is 0.664. The van der Waals surface area contributed by atoms with Crippen LogP contribution >= 0.6 is 0 Å². The van der Waals surface area contributed by atoms with Crippen LogP contribution in [0.3, 0.4) is 0 Å². The molecule has 0 aliphatic carbocycles. The van der Waals surface area contributed by atoms with Gasteiger partial charge in [-0.05, 0) is 43.5 Å². The molecule has 0 aromatic heterocycles. The predicted octanol–water partition coefficient (Wildman–Crippen LogP) is 4.69. The second kappa shape index (κ2) is 8.69. The summed E-state index contributed by atoms with van der Waals surface area (Å²) in [5.41, 5.74) is 2.09. The number of nitrogens with one attached hydrogen (secondary N) is 1. The van der Waals surface area contributed by atoms with Crippen LogP contribution in [0.1, 0.15) is 44.7 Å². The first-order valence-electron chi connectivity index (χ1n) is 7.01. The Morgan fingerprint density at radius 3 is 2.70 bits per heavy atom. The van der Waals surface area contributed by atoms with Crippen LogP contribution in [0.5, 0.6) is 5.75 Å². The van der Waals surface area contributed by atoms with Crippen LogP contribution in [-0.4, -0.2) is 13.2 Å². The first-order valence-corrected chi connectivity index (χ1v) is 7.01. The average molecular weight is 283 g/mol. The number of alkyl halides is 2. The van der Waals surface area contributed by atoms with Gasteiger partial charge in [0.2, 0.25) is 0 Å². The summed E-state index contributed by atoms with van der Waals surface area (Å²) in [6, 6.07) is 6.96. The summed E-state index contributed by atoms with van der Waals surface area (Å²) in [6.07, 6.45) is 2.73. The highest BCUT2D eigenvalue weighted by molar-refractivity contribution is 5.31. The van der Waals surface area contributed by atoms with E-state index in [1.165, 1.54) is 0 Å². The molecule has 0 saturated carbocycles. The second-order valence-electron chi connectivity index (χ2n) is 4.77. The molecule has 0 heterocycles. The highest BCUT2D eigenvalue weighted by Gasteiger charge is 2.13. The van der Waals surface area contributed by atoms with Crippen LogP contribution in [0.4, 0.5) is 8.78 Å². The molecule has 1 aromatic rings. The third-order valence-corrected chi connectivity index (χ3v) is 3.12. The van der Waals surface area contributed by atoms with E-state index in [9.17, 15) is 8.78 Å². The summed E-state index contributed by atoms with van der Waals surface area (Å²) < 4.78 is 29.0. The Kier molecular flexibility index (Phi) is 7.23. The number of hydrogen-bond donors (Lipinski definition) is 1. The molecule has 112 valence electrons. The molecule has 0 aliphatic rings. The SMILES string of the molecule is C=C(CC)CC(NCCC)c1cccc(OC(F)F)c1. The molecule has 0 saturated heterocycles. The van der Waals surface area contributed by atoms with Gasteiger partial charge >= 0.3 is 6.61 Å². The van der Waals surface area contributed by atoms with E-state index in [-0.39, 0.29) is 11.8 Å². The monoisotopic (exact) mass is 283 g/mol. The highest BCUT2D eigenvalue weighted by Crippen LogP contribution is 2.25. The van der Waals surface area contributed by atoms with Crippen LogP contribution < -0.4 is 10.1 Å². The zero-order valence-corrected chi connectivity index (χ0v) is 12.2. The molecule has 0 bridgehead atoms. The second-order valence-corrected chi connectivity index (χ2v) is 4.77. The van der Waals surface area contributed by atoms with Gasteiger partial charge in [0.25, 0.3) is 0 Å². The van der Waals surface area contributed by atoms with Gasteiger partial charge in [-0.15, -0.1) is 0 Å². The third-order valence-electron chi connectivity index (χ3n) is 3.12. The van der Waals surface area contributed by atoms with Gasteiger partial charge in [-0.25, -0.2) is 0 Å². The summed E-state index contributed by atoms with van der Waals surface area (Å²) in [4.78, 5) is 0. The fraction of sp³-hybridized carbons (Fsp3) is 0.500. The molecule has 0 aliphatic heterocycles. The fourth-order valence-electron chi connectivity index (χ4n) is 1.97. The Hall–Kier alpha value is -1.42. The van der Waals surface area contributed by atoms with Crippen molar-refractivity contribution in [2.75, 3.05) is 6.54 Å². The standard InChI is InChI=1S/C16H23F2NO/c1-4-9-19-15(10-12(3)5-2)13-7-6-8-14(11-13)20-16(17)18/h6-8,11,15-16,19H,3-5,9-10H2,1-2H3. The zero-order chi connectivity index (χ0) is 15.0. The molecule has 0 amide bonds. The van der Waals surface area contributed by atoms with Crippen molar-refractivity contribution in [3.63, 3.8) is 0 Å². The van der Waals surface area contributed by atoms with E-state index >= 15 is 0 Å². The molecule has 4 heteroatoms. The van der Waals surface area contributed by atoms with Crippen molar-refractivity contribution >= 4 is 0 Å². The van der Waals surface area contributed by atoms with Crippen molar-refractivity contribution in [1.82, 2.24) is 5.32 Å². The minimum absolute atomic E-state index is 0.0867. The number of halogens is 2. The van der Waals surface area contributed by atoms with Crippen LogP contribution in [-0.2, 0) is 0 Å². The number of hydrogen-bond acceptors (Lipinski definition) is 2. The van der Waals surface area contributed by atoms with Gasteiger partial charge in [0.1, 0.15) is 5.75 Å². The van der Waals surface area contributed by atoms with E-state index in [1.807, 2.05) is 6.07 Å². The van der Waals surface area contributed by atoms with Crippen molar-refractivity contribution in [2.45, 2.75) is 45.8 Å². The Morgan fingerprint density at radius 1 is 1.35 bits per heavy atom. The van der Waals surface area contributed by atoms with Gasteiger partial charge in [-0.1, -0.05) is 38.1 Å². The minimum Gasteiger partial charge on any atom is -0.435 e. The van der Waals surface area contributed by atoms with Gasteiger partial charge in [-0.3, -0.25) is 0 Å². The van der Waals surface area contributed by atoms with E-state index in [1.54, 1.807) is 18.2 Å². The topological polar surface area (TPSA) is 21.3 Å². The zero-order valence-electron chi connectivity index (χ0n) is 12.2. The van der Waals surface area contributed by atoms with Gasteiger partial charge < -0.3 is 10.1 Å². The van der Waals surface area contributed by atoms with Crippen molar-refractivity contribution in [3.8, 4) is 5.75 Å². The summed E-state index contributed by atoms with van der Waals surface area (Å²) >= 11 is 0. The number of ether oxygens (including phenoxy) is 1. The molecule has 0 spiro atoms. The van der Waals surface area contributed by atoms with E-state index in [2.05, 4.69) is 30.5 Å². The van der Waals surface area contributed by atoms with Gasteiger partial charge in [0, 0.05) is 6.04 Å². The maximum absolute atomic E-state index is 12.3. The first-order chi connectivity index (χ1) is 9.56. The molecule has 1 atom stereocenters. The van der Waals surface area contributed by atoms with Crippen molar-refractivity contribution in [2.24, 2.45) is 0 Å². The van der Waals surface area contributed by atoms with Crippen LogP contribution in [0.25, 0.3) is 0 Å². The summed E-state index contributed by atoms with van der Waals surface area (Å²) in [5, 5.41) is 3.43. The Balaban J connectivity index is 2.85. The van der Waals surface area contributed by atoms with E-state index < -0.39 is 6.61 Å². The van der Waals surface area contributed by atoms with Crippen molar-refractivity contribution in [1.29, 1.82) is 0 Å². The normalized spacial score (nSPS) is 12.4. The lowest BCUT2D eigenvalue weighted by atomic mass is 9.98. The maximum atomic E-state index is 12.3. The van der Waals surface area contributed by atoms with Gasteiger partial charge in [0.05, 0.1) is 0 Å². The number of benzene rings is 1. The summed E-state index contributed by atoms with van der Waals surface area (Å²) in [5.74, 6) is 0.197. The lowest BCUT2D eigenvalue weighted by molar-refractivity contribution is -0.0499. The fourth-order valence-corrected chi connectivity index (χ4v) is 1.97. The summed E-state index contributed by atoms with van der Waals surface area (Å²) in [6.45, 7) is 6.27. The Labute approximate surface area is 119 Å². The lowest BCUT2D eigenvalue weighted by Gasteiger charge is -2.20. The Bertz CT molecular complexity index is 421. The third kappa shape index (κ3) is 5.70. The lowest BCUT2D eigenvalue weighted by Crippen LogP contribution is -2.22. The molecule has 0 fully saturated rings. The maximum Gasteiger partial charge on any atom is 0.387 e. The Morgan fingerprint density at radius 2 is 2.10 bits per heavy atom. The van der Waals surface area contributed by atoms with E-state index in [4.69, 9.17) is 0 Å². The average Bonchev–Trinajstić information content (AvgIpc) is 2.42. The van der Waals surface area contributed by atoms with Gasteiger partial charge in [-0.2, -0.15) is 8.78 Å². The molecular formula is C16H23F2NO. The van der Waals surface area contributed by atoms with E-state index in [0.717, 1.165) is 36.9 Å². The predicted molar refractivity (Wildman–Crippen MR) is 78.2 cm³/mol. The molecular weight excluding hydrogens is 260 g/mol. The van der Waals surface area contributed by atoms with Crippen LogP contribution in [0.15, 0.2) is 36.4 Å². The first kappa shape index (κ1) is 16.6. The summed E-state index contributed by atoms with van der Waals surface area (Å²) in [7, 11) is 0. The molecule has 1 rings (SSSR count). The highest BCUT2D eigenvalue weighted by atomic mass is 19.3. The van der Waals surface area contributed by atoms with Crippen LogP contribution in [0.2, 0.25) is 0 Å². The molecule has 1 unspecified atom stereocenters. The minimum atomic E-state index is -2.79. The largest absolute Gasteiger partial charge is 0.435 e. The molecule has 1 N–H and O–H groups in total. The van der Waals surface area contributed by atoms with Crippen LogP contribution in [0, 0.1) is 0 Å². The molecule has 1 aromatic carbocycles. The molecule has 2 nitrogen and oxygen atoms in total. The van der Waals surface area contributed by atoms with Crippen molar-refractivity contribution < 1.29 is 13.5 Å². The molecule has 20 heavy (non-hydrogen) atoms. The van der Waals surface area contributed by atoms with E-state index in [0.29, 0.717) is 0 Å². The number of rotatable bonds is 9. The van der Waals surface area contributed by atoms with Gasteiger partial charge in [0.15, 0.2) is 0 Å². The molecule has 0 radical (unpaired) electrons. The van der Waals surface area contributed by atoms with Crippen molar-refractivity contribution in [3.05, 3.63) is 42.0 Å². The smallest absolute Gasteiger partial charge is 0.387 e.